The van der Waals surface area contributed by atoms with Crippen LogP contribution in [0.4, 0.5) is 11.4 Å². The zero-order chi connectivity index (χ0) is 24.0. The number of nitrogens with one attached hydrogen (secondary N) is 1. The highest BCUT2D eigenvalue weighted by molar-refractivity contribution is 5.96. The van der Waals surface area contributed by atoms with Crippen LogP contribution in [0.15, 0.2) is 42.5 Å². The highest BCUT2D eigenvalue weighted by atomic mass is 16.5. The Morgan fingerprint density at radius 1 is 1.18 bits per heavy atom. The Kier molecular flexibility index (Phi) is 8.50. The average molecular weight is 453 g/mol. The summed E-state index contributed by atoms with van der Waals surface area (Å²) >= 11 is 0. The van der Waals surface area contributed by atoms with Crippen molar-refractivity contribution in [2.75, 3.05) is 30.0 Å². The van der Waals surface area contributed by atoms with Crippen LogP contribution in [0, 0.1) is 12.8 Å². The summed E-state index contributed by atoms with van der Waals surface area (Å²) in [6.07, 6.45) is 1.07. The fraction of sp³-hybridized carbons (Fsp3) is 0.481. The largest absolute Gasteiger partial charge is 0.481 e. The molecular weight excluding hydrogens is 416 g/mol. The number of hydrogen-bond acceptors (Lipinski definition) is 4. The van der Waals surface area contributed by atoms with Crippen molar-refractivity contribution in [3.63, 3.8) is 0 Å². The molecule has 1 fully saturated rings. The van der Waals surface area contributed by atoms with Crippen molar-refractivity contribution in [3.8, 4) is 0 Å². The van der Waals surface area contributed by atoms with Gasteiger partial charge >= 0.3 is 5.97 Å². The van der Waals surface area contributed by atoms with Gasteiger partial charge in [-0.15, -0.1) is 0 Å². The highest BCUT2D eigenvalue weighted by Crippen LogP contribution is 2.35. The van der Waals surface area contributed by atoms with Gasteiger partial charge in [0.05, 0.1) is 43.5 Å². The van der Waals surface area contributed by atoms with Gasteiger partial charge in [0, 0.05) is 6.54 Å². The van der Waals surface area contributed by atoms with Gasteiger partial charge in [0.25, 0.3) is 0 Å². The Hall–Kier alpha value is -2.86. The fourth-order valence-electron chi connectivity index (χ4n) is 4.43. The number of morpholine rings is 1. The molecule has 1 amide bonds. The molecule has 0 saturated carbocycles. The van der Waals surface area contributed by atoms with Crippen LogP contribution < -0.4 is 10.2 Å². The molecule has 6 nitrogen and oxygen atoms in total. The van der Waals surface area contributed by atoms with Crippen molar-refractivity contribution in [2.45, 2.75) is 58.9 Å². The molecule has 0 aliphatic carbocycles. The summed E-state index contributed by atoms with van der Waals surface area (Å²) in [7, 11) is 0. The number of aliphatic carboxylic acids is 1. The number of ether oxygens (including phenoxy) is 1. The van der Waals surface area contributed by atoms with Crippen LogP contribution in [0.5, 0.6) is 0 Å². The molecule has 2 atom stereocenters. The van der Waals surface area contributed by atoms with Crippen molar-refractivity contribution < 1.29 is 19.4 Å². The van der Waals surface area contributed by atoms with Gasteiger partial charge < -0.3 is 20.1 Å². The van der Waals surface area contributed by atoms with E-state index in [2.05, 4.69) is 24.1 Å². The van der Waals surface area contributed by atoms with Crippen LogP contribution >= 0.6 is 0 Å². The van der Waals surface area contributed by atoms with Gasteiger partial charge in [-0.25, -0.2) is 0 Å². The molecule has 0 spiro atoms. The van der Waals surface area contributed by atoms with Gasteiger partial charge in [-0.05, 0) is 48.4 Å². The zero-order valence-electron chi connectivity index (χ0n) is 20.1. The lowest BCUT2D eigenvalue weighted by atomic mass is 9.92. The number of aryl methyl sites for hydroxylation is 1. The van der Waals surface area contributed by atoms with Gasteiger partial charge in [-0.3, -0.25) is 9.59 Å². The monoisotopic (exact) mass is 452 g/mol. The minimum absolute atomic E-state index is 0.0682. The van der Waals surface area contributed by atoms with E-state index in [9.17, 15) is 14.7 Å². The number of amides is 1. The molecule has 0 radical (unpaired) electrons. The molecule has 2 aromatic carbocycles. The first-order valence-electron chi connectivity index (χ1n) is 11.8. The van der Waals surface area contributed by atoms with Gasteiger partial charge in [-0.1, -0.05) is 56.7 Å². The van der Waals surface area contributed by atoms with E-state index in [0.29, 0.717) is 25.6 Å². The van der Waals surface area contributed by atoms with Gasteiger partial charge in [0.1, 0.15) is 0 Å². The summed E-state index contributed by atoms with van der Waals surface area (Å²) in [5.74, 6) is -0.617. The quantitative estimate of drug-likeness (QED) is 0.559. The number of carbonyl (C=O) groups excluding carboxylic acids is 1. The van der Waals surface area contributed by atoms with E-state index in [1.807, 2.05) is 56.3 Å². The predicted molar refractivity (Wildman–Crippen MR) is 132 cm³/mol. The number of rotatable bonds is 9. The molecule has 6 heteroatoms. The lowest BCUT2D eigenvalue weighted by Crippen LogP contribution is -2.48. The number of carboxylic acids is 1. The third-order valence-electron chi connectivity index (χ3n) is 6.41. The summed E-state index contributed by atoms with van der Waals surface area (Å²) in [5, 5.41) is 12.5. The van der Waals surface area contributed by atoms with E-state index >= 15 is 0 Å². The van der Waals surface area contributed by atoms with Crippen molar-refractivity contribution in [1.82, 2.24) is 0 Å². The number of hydrogen-bond donors (Lipinski definition) is 2. The van der Waals surface area contributed by atoms with E-state index in [1.54, 1.807) is 0 Å². The highest BCUT2D eigenvalue weighted by Gasteiger charge is 2.28. The normalized spacial score (nSPS) is 17.1. The van der Waals surface area contributed by atoms with Crippen LogP contribution in [-0.2, 0) is 20.7 Å². The second-order valence-corrected chi connectivity index (χ2v) is 9.27. The molecule has 178 valence electrons. The minimum Gasteiger partial charge on any atom is -0.481 e. The first kappa shape index (κ1) is 24.8. The molecule has 1 saturated heterocycles. The molecular formula is C27H36N2O4. The van der Waals surface area contributed by atoms with E-state index in [0.717, 1.165) is 34.6 Å². The Morgan fingerprint density at radius 2 is 1.91 bits per heavy atom. The average Bonchev–Trinajstić information content (AvgIpc) is 2.78. The van der Waals surface area contributed by atoms with Gasteiger partial charge in [0.15, 0.2) is 0 Å². The van der Waals surface area contributed by atoms with E-state index in [-0.39, 0.29) is 30.7 Å². The first-order valence-corrected chi connectivity index (χ1v) is 11.8. The van der Waals surface area contributed by atoms with E-state index < -0.39 is 5.97 Å². The molecule has 3 rings (SSSR count). The third-order valence-corrected chi connectivity index (χ3v) is 6.41. The van der Waals surface area contributed by atoms with Crippen molar-refractivity contribution >= 4 is 23.3 Å². The molecule has 0 unspecified atom stereocenters. The summed E-state index contributed by atoms with van der Waals surface area (Å²) in [6.45, 7) is 10.4. The fourth-order valence-corrected chi connectivity index (χ4v) is 4.43. The third kappa shape index (κ3) is 6.57. The van der Waals surface area contributed by atoms with Gasteiger partial charge in [0.2, 0.25) is 5.91 Å². The molecule has 33 heavy (non-hydrogen) atoms. The van der Waals surface area contributed by atoms with E-state index in [4.69, 9.17) is 4.74 Å². The minimum atomic E-state index is -0.816. The molecule has 1 aliphatic rings. The zero-order valence-corrected chi connectivity index (χ0v) is 20.1. The van der Waals surface area contributed by atoms with Crippen LogP contribution in [-0.4, -0.2) is 42.8 Å². The summed E-state index contributed by atoms with van der Waals surface area (Å²) < 4.78 is 5.73. The number of benzene rings is 2. The second-order valence-electron chi connectivity index (χ2n) is 9.27. The van der Waals surface area contributed by atoms with Crippen LogP contribution in [0.25, 0.3) is 0 Å². The summed E-state index contributed by atoms with van der Waals surface area (Å²) in [6, 6.07) is 14.2. The number of carboxylic acid groups (broad SMARTS) is 1. The van der Waals surface area contributed by atoms with Crippen molar-refractivity contribution in [1.29, 1.82) is 0 Å². The lowest BCUT2D eigenvalue weighted by molar-refractivity contribution is -0.137. The molecule has 0 bridgehead atoms. The molecule has 2 N–H and O–H groups in total. The summed E-state index contributed by atoms with van der Waals surface area (Å²) in [4.78, 5) is 26.7. The smallest absolute Gasteiger partial charge is 0.303 e. The van der Waals surface area contributed by atoms with Crippen LogP contribution in [0.3, 0.4) is 0 Å². The standard InChI is InChI=1S/C27H36N2O4/c1-5-21(16-27(31)32)22-10-11-24(29-12-13-33-17-25(29)18(2)3)23(15-22)28-26(30)14-20-8-6-19(4)7-9-20/h6-11,15,18,21,25H,5,12-14,16-17H2,1-4H3,(H,28,30)(H,31,32)/t21-,25+/m0/s1. The Morgan fingerprint density at radius 3 is 2.55 bits per heavy atom. The SMILES string of the molecule is CC[C@@H](CC(=O)O)c1ccc(N2CCOC[C@@H]2C(C)C)c(NC(=O)Cc2ccc(C)cc2)c1. The molecule has 1 heterocycles. The van der Waals surface area contributed by atoms with Crippen LogP contribution in [0.2, 0.25) is 0 Å². The van der Waals surface area contributed by atoms with Crippen LogP contribution in [0.1, 0.15) is 56.2 Å². The number of nitrogens with zero attached hydrogens (tertiary/aromatic N) is 1. The predicted octanol–water partition coefficient (Wildman–Crippen LogP) is 5.01. The van der Waals surface area contributed by atoms with Gasteiger partial charge in [-0.2, -0.15) is 0 Å². The van der Waals surface area contributed by atoms with Crippen molar-refractivity contribution in [3.05, 3.63) is 59.2 Å². The Labute approximate surface area is 196 Å². The Balaban J connectivity index is 1.93. The van der Waals surface area contributed by atoms with E-state index in [1.165, 1.54) is 0 Å². The second kappa shape index (κ2) is 11.3. The number of carbonyl (C=O) groups is 2. The first-order chi connectivity index (χ1) is 15.8. The summed E-state index contributed by atoms with van der Waals surface area (Å²) in [5.41, 5.74) is 4.75. The maximum atomic E-state index is 13.0. The maximum absolute atomic E-state index is 13.0. The molecule has 0 aromatic heterocycles. The maximum Gasteiger partial charge on any atom is 0.303 e. The van der Waals surface area contributed by atoms with Crippen molar-refractivity contribution in [2.24, 2.45) is 5.92 Å². The lowest BCUT2D eigenvalue weighted by Gasteiger charge is -2.40. The molecule has 2 aromatic rings. The Bertz CT molecular complexity index is 955. The topological polar surface area (TPSA) is 78.9 Å². The molecule has 1 aliphatic heterocycles. The number of anilines is 2.